The second-order valence-electron chi connectivity index (χ2n) is 10.5. The molecular weight excluding hydrogens is 536 g/mol. The number of benzene rings is 1. The number of fused-ring (bicyclic) bond motifs is 1. The van der Waals surface area contributed by atoms with Gasteiger partial charge in [-0.3, -0.25) is 4.79 Å². The number of urea groups is 1. The van der Waals surface area contributed by atoms with Gasteiger partial charge in [0.2, 0.25) is 5.91 Å². The van der Waals surface area contributed by atoms with Crippen molar-refractivity contribution in [2.45, 2.75) is 55.7 Å². The first-order chi connectivity index (χ1) is 19.4. The normalized spacial score (nSPS) is 25.2. The van der Waals surface area contributed by atoms with Gasteiger partial charge in [-0.1, -0.05) is 30.0 Å². The largest absolute Gasteiger partial charge is 0.496 e. The molecule has 40 heavy (non-hydrogen) atoms. The summed E-state index contributed by atoms with van der Waals surface area (Å²) >= 11 is 1.39. The predicted molar refractivity (Wildman–Crippen MR) is 145 cm³/mol. The number of carbonyl (C=O) groups excluding carboxylic acids is 2. The zero-order chi connectivity index (χ0) is 28.0. The van der Waals surface area contributed by atoms with E-state index in [0.717, 1.165) is 33.9 Å². The highest BCUT2D eigenvalue weighted by atomic mass is 32.2. The number of nitrogens with zero attached hydrogens (tertiary/aromatic N) is 4. The Morgan fingerprint density at radius 3 is 2.62 bits per heavy atom. The topological polar surface area (TPSA) is 123 Å². The van der Waals surface area contributed by atoms with E-state index in [1.807, 2.05) is 31.2 Å². The molecule has 2 saturated heterocycles. The van der Waals surface area contributed by atoms with Crippen molar-refractivity contribution in [3.63, 3.8) is 0 Å². The summed E-state index contributed by atoms with van der Waals surface area (Å²) in [6.45, 7) is 3.15. The van der Waals surface area contributed by atoms with Crippen LogP contribution < -0.4 is 4.74 Å². The van der Waals surface area contributed by atoms with Crippen molar-refractivity contribution in [2.75, 3.05) is 26.9 Å². The Morgan fingerprint density at radius 1 is 1.23 bits per heavy atom. The summed E-state index contributed by atoms with van der Waals surface area (Å²) < 4.78 is 19.5. The fourth-order valence-electron chi connectivity index (χ4n) is 5.86. The van der Waals surface area contributed by atoms with E-state index in [1.54, 1.807) is 35.2 Å². The Kier molecular flexibility index (Phi) is 7.09. The van der Waals surface area contributed by atoms with Crippen molar-refractivity contribution >= 4 is 34.7 Å². The molecule has 4 heterocycles. The number of amides is 3. The predicted octanol–water partition coefficient (Wildman–Crippen LogP) is 3.59. The third kappa shape index (κ3) is 4.47. The summed E-state index contributed by atoms with van der Waals surface area (Å²) in [5.41, 5.74) is 0.0216. The maximum absolute atomic E-state index is 14.2. The molecule has 212 valence electrons. The van der Waals surface area contributed by atoms with Crippen molar-refractivity contribution in [1.29, 1.82) is 0 Å². The molecule has 1 aromatic heterocycles. The number of thioether (sulfide) groups is 1. The third-order valence-electron chi connectivity index (χ3n) is 8.19. The second kappa shape index (κ2) is 10.6. The first kappa shape index (κ1) is 26.9. The smallest absolute Gasteiger partial charge is 0.330 e. The lowest BCUT2D eigenvalue weighted by atomic mass is 9.94. The molecule has 2 unspecified atom stereocenters. The van der Waals surface area contributed by atoms with Gasteiger partial charge in [-0.25, -0.2) is 19.2 Å². The molecule has 3 fully saturated rings. The van der Waals surface area contributed by atoms with Gasteiger partial charge in [0.15, 0.2) is 0 Å². The SMILES string of the molecule is COc1ccccc1[C@H](CN1C(=O)N(C2(C(=O)O)CC2)C(=O)C2C(C)=C(n3cccn3)SC21)OC1CCOCC1. The van der Waals surface area contributed by atoms with Gasteiger partial charge in [0.25, 0.3) is 0 Å². The fourth-order valence-corrected chi connectivity index (χ4v) is 7.38. The highest BCUT2D eigenvalue weighted by molar-refractivity contribution is 8.08. The first-order valence-electron chi connectivity index (χ1n) is 13.5. The molecule has 3 atom stereocenters. The average molecular weight is 569 g/mol. The molecule has 0 bridgehead atoms. The maximum Gasteiger partial charge on any atom is 0.330 e. The lowest BCUT2D eigenvalue weighted by Crippen LogP contribution is -2.65. The summed E-state index contributed by atoms with van der Waals surface area (Å²) in [6.07, 6.45) is 4.71. The summed E-state index contributed by atoms with van der Waals surface area (Å²) in [5, 5.41) is 14.6. The van der Waals surface area contributed by atoms with Crippen molar-refractivity contribution < 1.29 is 33.7 Å². The van der Waals surface area contributed by atoms with E-state index in [-0.39, 0.29) is 25.5 Å². The zero-order valence-electron chi connectivity index (χ0n) is 22.4. The van der Waals surface area contributed by atoms with Crippen LogP contribution in [0.4, 0.5) is 4.79 Å². The minimum absolute atomic E-state index is 0.0818. The molecule has 1 aromatic carbocycles. The van der Waals surface area contributed by atoms with E-state index < -0.39 is 40.8 Å². The van der Waals surface area contributed by atoms with Crippen LogP contribution in [0, 0.1) is 5.92 Å². The van der Waals surface area contributed by atoms with Crippen LogP contribution in [0.3, 0.4) is 0 Å². The van der Waals surface area contributed by atoms with Crippen LogP contribution in [0.25, 0.3) is 5.03 Å². The first-order valence-corrected chi connectivity index (χ1v) is 14.4. The number of hydrogen-bond acceptors (Lipinski definition) is 8. The standard InChI is InChI=1S/C28H32N4O7S/c1-17-22-23(33)32(28(10-11-28)26(34)35)27(36)30(25(22)40-24(17)31-13-5-12-29-31)16-21(39-18-8-14-38-15-9-18)19-6-3-4-7-20(19)37-2/h3-7,12-13,18,21-22,25H,8-11,14-16H2,1-2H3,(H,34,35)/t21-,22?,25?/m0/s1. The number of methoxy groups -OCH3 is 1. The van der Waals surface area contributed by atoms with Crippen molar-refractivity contribution in [3.8, 4) is 5.75 Å². The van der Waals surface area contributed by atoms with E-state index >= 15 is 0 Å². The van der Waals surface area contributed by atoms with Gasteiger partial charge in [-0.05, 0) is 50.3 Å². The quantitative estimate of drug-likeness (QED) is 0.483. The molecule has 1 N–H and O–H groups in total. The van der Waals surface area contributed by atoms with E-state index in [9.17, 15) is 19.5 Å². The zero-order valence-corrected chi connectivity index (χ0v) is 23.2. The molecule has 0 radical (unpaired) electrons. The fraction of sp³-hybridized carbons (Fsp3) is 0.500. The van der Waals surface area contributed by atoms with Gasteiger partial charge in [0.1, 0.15) is 22.8 Å². The van der Waals surface area contributed by atoms with Crippen LogP contribution in [0.1, 0.15) is 44.3 Å². The molecule has 2 aromatic rings. The molecule has 3 amide bonds. The highest BCUT2D eigenvalue weighted by Crippen LogP contribution is 2.53. The van der Waals surface area contributed by atoms with E-state index in [0.29, 0.717) is 19.0 Å². The molecule has 1 aliphatic carbocycles. The molecule has 4 aliphatic rings. The number of ether oxygens (including phenoxy) is 3. The number of aromatic nitrogens is 2. The monoisotopic (exact) mass is 568 g/mol. The maximum atomic E-state index is 14.2. The van der Waals surface area contributed by atoms with Crippen molar-refractivity contribution in [1.82, 2.24) is 19.6 Å². The van der Waals surface area contributed by atoms with Gasteiger partial charge in [-0.2, -0.15) is 5.10 Å². The number of aliphatic carboxylic acids is 1. The van der Waals surface area contributed by atoms with Crippen LogP contribution in [0.5, 0.6) is 5.75 Å². The van der Waals surface area contributed by atoms with E-state index in [2.05, 4.69) is 5.10 Å². The molecule has 1 saturated carbocycles. The highest BCUT2D eigenvalue weighted by Gasteiger charge is 2.65. The lowest BCUT2D eigenvalue weighted by molar-refractivity contribution is -0.153. The van der Waals surface area contributed by atoms with E-state index in [4.69, 9.17) is 14.2 Å². The van der Waals surface area contributed by atoms with Crippen molar-refractivity contribution in [3.05, 3.63) is 53.9 Å². The molecule has 11 nitrogen and oxygen atoms in total. The van der Waals surface area contributed by atoms with Crippen LogP contribution in [0.15, 0.2) is 48.3 Å². The second-order valence-corrected chi connectivity index (χ2v) is 11.7. The number of imide groups is 1. The molecule has 0 spiro atoms. The number of hydrogen-bond donors (Lipinski definition) is 1. The number of carbonyl (C=O) groups is 3. The molecular formula is C28H32N4O7S. The summed E-state index contributed by atoms with van der Waals surface area (Å²) in [6, 6.07) is 8.71. The minimum atomic E-state index is -1.52. The minimum Gasteiger partial charge on any atom is -0.496 e. The third-order valence-corrected chi connectivity index (χ3v) is 9.69. The molecule has 3 aliphatic heterocycles. The van der Waals surface area contributed by atoms with Crippen LogP contribution in [-0.2, 0) is 19.1 Å². The van der Waals surface area contributed by atoms with Gasteiger partial charge in [0.05, 0.1) is 30.7 Å². The van der Waals surface area contributed by atoms with E-state index in [1.165, 1.54) is 11.8 Å². The Bertz CT molecular complexity index is 1340. The summed E-state index contributed by atoms with van der Waals surface area (Å²) in [4.78, 5) is 43.1. The Morgan fingerprint density at radius 2 is 1.98 bits per heavy atom. The van der Waals surface area contributed by atoms with Crippen LogP contribution in [-0.4, -0.2) is 86.5 Å². The van der Waals surface area contributed by atoms with Gasteiger partial charge in [-0.15, -0.1) is 0 Å². The Balaban J connectivity index is 1.40. The van der Waals surface area contributed by atoms with Crippen LogP contribution in [0.2, 0.25) is 0 Å². The average Bonchev–Trinajstić information content (AvgIpc) is 3.42. The number of para-hydroxylation sites is 1. The summed E-state index contributed by atoms with van der Waals surface area (Å²) in [5.74, 6) is -1.71. The van der Waals surface area contributed by atoms with Crippen molar-refractivity contribution in [2.24, 2.45) is 5.92 Å². The summed E-state index contributed by atoms with van der Waals surface area (Å²) in [7, 11) is 1.59. The number of rotatable bonds is 9. The van der Waals surface area contributed by atoms with Crippen LogP contribution >= 0.6 is 11.8 Å². The Labute approximate surface area is 236 Å². The number of carboxylic acids is 1. The molecule has 6 rings (SSSR count). The van der Waals surface area contributed by atoms with Gasteiger partial charge >= 0.3 is 12.0 Å². The van der Waals surface area contributed by atoms with Gasteiger partial charge in [0, 0.05) is 31.2 Å². The number of carboxylic acid groups (broad SMARTS) is 1. The van der Waals surface area contributed by atoms with Gasteiger partial charge < -0.3 is 24.2 Å². The lowest BCUT2D eigenvalue weighted by Gasteiger charge is -2.45. The molecule has 12 heteroatoms. The Hall–Kier alpha value is -3.35.